The molecule has 0 aliphatic carbocycles. The van der Waals surface area contributed by atoms with E-state index in [-0.39, 0.29) is 6.04 Å². The summed E-state index contributed by atoms with van der Waals surface area (Å²) in [5.74, 6) is 0. The first-order chi connectivity index (χ1) is 7.54. The van der Waals surface area contributed by atoms with Crippen LogP contribution in [0.25, 0.3) is 11.2 Å². The van der Waals surface area contributed by atoms with E-state index < -0.39 is 11.2 Å². The second kappa shape index (κ2) is 3.89. The van der Waals surface area contributed by atoms with Crippen LogP contribution < -0.4 is 11.2 Å². The molecule has 0 spiro atoms. The quantitative estimate of drug-likeness (QED) is 0.813. The van der Waals surface area contributed by atoms with Crippen LogP contribution in [0.15, 0.2) is 14.3 Å². The van der Waals surface area contributed by atoms with Crippen LogP contribution >= 0.6 is 15.9 Å². The van der Waals surface area contributed by atoms with Gasteiger partial charge in [-0.15, -0.1) is 0 Å². The van der Waals surface area contributed by atoms with Gasteiger partial charge in [0.2, 0.25) is 0 Å². The van der Waals surface area contributed by atoms with Gasteiger partial charge in [-0.1, -0.05) is 6.92 Å². The Morgan fingerprint density at radius 3 is 2.75 bits per heavy atom. The lowest BCUT2D eigenvalue weighted by Crippen LogP contribution is -2.32. The van der Waals surface area contributed by atoms with Crippen LogP contribution in [0.4, 0.5) is 0 Å². The average molecular weight is 287 g/mol. The summed E-state index contributed by atoms with van der Waals surface area (Å²) in [6.07, 6.45) is 0.783. The van der Waals surface area contributed by atoms with Gasteiger partial charge in [0.1, 0.15) is 0 Å². The normalized spacial score (nSPS) is 13.2. The minimum absolute atomic E-state index is 0.0120. The molecule has 7 heteroatoms. The van der Waals surface area contributed by atoms with E-state index in [9.17, 15) is 9.59 Å². The van der Waals surface area contributed by atoms with Gasteiger partial charge in [-0.25, -0.2) is 9.78 Å². The Bertz CT molecular complexity index is 639. The first-order valence-corrected chi connectivity index (χ1v) is 5.74. The number of imidazole rings is 1. The zero-order valence-corrected chi connectivity index (χ0v) is 10.5. The molecule has 0 fully saturated rings. The van der Waals surface area contributed by atoms with Crippen LogP contribution in [-0.2, 0) is 0 Å². The van der Waals surface area contributed by atoms with Crippen molar-refractivity contribution < 1.29 is 0 Å². The standard InChI is InChI=1S/C9H11BrN4O2/c1-3-4(2)14-6-5(11-8(10)12-6)7(15)13-9(14)16/h4H,3H2,1-2H3,(H,11,12)(H,13,15,16). The number of halogens is 1. The minimum Gasteiger partial charge on any atom is -0.327 e. The molecule has 86 valence electrons. The van der Waals surface area contributed by atoms with Gasteiger partial charge in [-0.2, -0.15) is 0 Å². The van der Waals surface area contributed by atoms with Gasteiger partial charge in [0.05, 0.1) is 0 Å². The SMILES string of the molecule is CCC(C)n1c(=O)[nH]c(=O)c2[nH]c(Br)nc21. The summed E-state index contributed by atoms with van der Waals surface area (Å²) in [5.41, 5.74) is -0.176. The Balaban J connectivity index is 2.91. The number of nitrogens with zero attached hydrogens (tertiary/aromatic N) is 2. The summed E-state index contributed by atoms with van der Waals surface area (Å²) in [6, 6.07) is -0.0120. The molecule has 1 atom stereocenters. The van der Waals surface area contributed by atoms with Gasteiger partial charge in [-0.05, 0) is 29.3 Å². The highest BCUT2D eigenvalue weighted by Gasteiger charge is 2.15. The van der Waals surface area contributed by atoms with E-state index in [2.05, 4.69) is 30.9 Å². The van der Waals surface area contributed by atoms with Gasteiger partial charge in [-0.3, -0.25) is 14.3 Å². The largest absolute Gasteiger partial charge is 0.330 e. The van der Waals surface area contributed by atoms with E-state index in [4.69, 9.17) is 0 Å². The van der Waals surface area contributed by atoms with E-state index in [1.54, 1.807) is 0 Å². The second-order valence-electron chi connectivity index (χ2n) is 3.61. The fraction of sp³-hybridized carbons (Fsp3) is 0.444. The number of nitrogens with one attached hydrogen (secondary N) is 2. The van der Waals surface area contributed by atoms with Crippen molar-refractivity contribution in [2.45, 2.75) is 26.3 Å². The summed E-state index contributed by atoms with van der Waals surface area (Å²) in [6.45, 7) is 3.87. The van der Waals surface area contributed by atoms with Crippen LogP contribution in [-0.4, -0.2) is 19.5 Å². The van der Waals surface area contributed by atoms with Crippen molar-refractivity contribution in [1.82, 2.24) is 19.5 Å². The lowest BCUT2D eigenvalue weighted by molar-refractivity contribution is 0.517. The molecule has 2 N–H and O–H groups in total. The van der Waals surface area contributed by atoms with E-state index in [0.29, 0.717) is 15.9 Å². The van der Waals surface area contributed by atoms with Crippen LogP contribution in [0.5, 0.6) is 0 Å². The van der Waals surface area contributed by atoms with E-state index in [1.807, 2.05) is 13.8 Å². The first-order valence-electron chi connectivity index (χ1n) is 4.94. The van der Waals surface area contributed by atoms with Crippen LogP contribution in [0.2, 0.25) is 0 Å². The molecule has 2 heterocycles. The van der Waals surface area contributed by atoms with Crippen molar-refractivity contribution in [3.63, 3.8) is 0 Å². The lowest BCUT2D eigenvalue weighted by atomic mass is 10.2. The van der Waals surface area contributed by atoms with Crippen LogP contribution in [0.3, 0.4) is 0 Å². The number of hydrogen-bond donors (Lipinski definition) is 2. The van der Waals surface area contributed by atoms with Gasteiger partial charge >= 0.3 is 5.69 Å². The van der Waals surface area contributed by atoms with Crippen LogP contribution in [0, 0.1) is 0 Å². The topological polar surface area (TPSA) is 83.5 Å². The number of hydrogen-bond acceptors (Lipinski definition) is 3. The molecule has 0 amide bonds. The highest BCUT2D eigenvalue weighted by Crippen LogP contribution is 2.15. The maximum Gasteiger partial charge on any atom is 0.330 e. The molecule has 1 unspecified atom stereocenters. The highest BCUT2D eigenvalue weighted by molar-refractivity contribution is 9.10. The predicted molar refractivity (Wildman–Crippen MR) is 63.7 cm³/mol. The fourth-order valence-electron chi connectivity index (χ4n) is 1.58. The number of aromatic nitrogens is 4. The number of fused-ring (bicyclic) bond motifs is 1. The van der Waals surface area contributed by atoms with Crippen molar-refractivity contribution in [3.8, 4) is 0 Å². The highest BCUT2D eigenvalue weighted by atomic mass is 79.9. The van der Waals surface area contributed by atoms with Gasteiger partial charge < -0.3 is 4.98 Å². The number of H-pyrrole nitrogens is 2. The summed E-state index contributed by atoms with van der Waals surface area (Å²) in [5, 5.41) is 0. The molecular formula is C9H11BrN4O2. The number of rotatable bonds is 2. The number of aromatic amines is 2. The smallest absolute Gasteiger partial charge is 0.327 e. The molecule has 2 aromatic rings. The Labute approximate surface area is 98.8 Å². The van der Waals surface area contributed by atoms with Crippen molar-refractivity contribution in [3.05, 3.63) is 25.6 Å². The second-order valence-corrected chi connectivity index (χ2v) is 4.36. The predicted octanol–water partition coefficient (Wildman–Crippen LogP) is 1.15. The lowest BCUT2D eigenvalue weighted by Gasteiger charge is -2.12. The third-order valence-electron chi connectivity index (χ3n) is 2.58. The fourth-order valence-corrected chi connectivity index (χ4v) is 1.94. The maximum atomic E-state index is 11.7. The molecular weight excluding hydrogens is 276 g/mol. The van der Waals surface area contributed by atoms with Gasteiger partial charge in [0, 0.05) is 6.04 Å². The van der Waals surface area contributed by atoms with Gasteiger partial charge in [0.15, 0.2) is 15.9 Å². The zero-order chi connectivity index (χ0) is 11.9. The Morgan fingerprint density at radius 2 is 2.12 bits per heavy atom. The van der Waals surface area contributed by atoms with Crippen LogP contribution in [0.1, 0.15) is 26.3 Å². The molecule has 0 aliphatic heterocycles. The molecule has 0 aromatic carbocycles. The van der Waals surface area contributed by atoms with E-state index in [0.717, 1.165) is 6.42 Å². The van der Waals surface area contributed by atoms with Gasteiger partial charge in [0.25, 0.3) is 5.56 Å². The average Bonchev–Trinajstić information content (AvgIpc) is 2.59. The molecule has 2 aromatic heterocycles. The monoisotopic (exact) mass is 286 g/mol. The molecule has 2 rings (SSSR count). The zero-order valence-electron chi connectivity index (χ0n) is 8.87. The molecule has 0 radical (unpaired) electrons. The Kier molecular flexibility index (Phi) is 2.71. The minimum atomic E-state index is -0.447. The third-order valence-corrected chi connectivity index (χ3v) is 2.96. The summed E-state index contributed by atoms with van der Waals surface area (Å²) in [4.78, 5) is 32.4. The first kappa shape index (κ1) is 11.1. The molecule has 6 nitrogen and oxygen atoms in total. The Hall–Kier alpha value is -1.37. The molecule has 0 saturated heterocycles. The van der Waals surface area contributed by atoms with E-state index in [1.165, 1.54) is 4.57 Å². The molecule has 0 bridgehead atoms. The maximum absolute atomic E-state index is 11.7. The van der Waals surface area contributed by atoms with Crippen molar-refractivity contribution in [1.29, 1.82) is 0 Å². The molecule has 16 heavy (non-hydrogen) atoms. The summed E-state index contributed by atoms with van der Waals surface area (Å²) >= 11 is 3.15. The molecule has 0 aliphatic rings. The van der Waals surface area contributed by atoms with Crippen molar-refractivity contribution in [2.24, 2.45) is 0 Å². The summed E-state index contributed by atoms with van der Waals surface area (Å²) < 4.78 is 1.92. The van der Waals surface area contributed by atoms with E-state index >= 15 is 0 Å². The third kappa shape index (κ3) is 1.60. The van der Waals surface area contributed by atoms with Crippen molar-refractivity contribution in [2.75, 3.05) is 0 Å². The molecule has 0 saturated carbocycles. The van der Waals surface area contributed by atoms with Crippen molar-refractivity contribution >= 4 is 27.1 Å². The Morgan fingerprint density at radius 1 is 1.44 bits per heavy atom. The summed E-state index contributed by atoms with van der Waals surface area (Å²) in [7, 11) is 0.